The number of sulfonamides is 1. The number of hydrogen-bond donors (Lipinski definition) is 1. The molecule has 1 heterocycles. The summed E-state index contributed by atoms with van der Waals surface area (Å²) in [6.45, 7) is 4.87. The molecule has 1 fully saturated rings. The molecule has 0 bridgehead atoms. The number of rotatable bonds is 2. The Morgan fingerprint density at radius 1 is 1.18 bits per heavy atom. The van der Waals surface area contributed by atoms with Gasteiger partial charge in [-0.2, -0.15) is 4.31 Å². The van der Waals surface area contributed by atoms with E-state index in [1.54, 1.807) is 24.3 Å². The minimum Gasteiger partial charge on any atom is -0.398 e. The Hall–Kier alpha value is -1.33. The number of nitrogen functional groups attached to an aromatic ring is 1. The molecule has 1 aromatic carbocycles. The van der Waals surface area contributed by atoms with Crippen molar-refractivity contribution in [2.45, 2.75) is 17.7 Å². The molecule has 2 rings (SSSR count). The van der Waals surface area contributed by atoms with E-state index in [4.69, 9.17) is 5.73 Å². The van der Waals surface area contributed by atoms with Crippen molar-refractivity contribution in [1.29, 1.82) is 0 Å². The first kappa shape index (κ1) is 12.1. The number of para-hydroxylation sites is 1. The summed E-state index contributed by atoms with van der Waals surface area (Å²) in [4.78, 5) is 0.201. The van der Waals surface area contributed by atoms with Crippen LogP contribution in [0.1, 0.15) is 12.8 Å². The van der Waals surface area contributed by atoms with Gasteiger partial charge in [-0.1, -0.05) is 24.3 Å². The van der Waals surface area contributed by atoms with Gasteiger partial charge in [-0.25, -0.2) is 8.42 Å². The number of hydrogen-bond acceptors (Lipinski definition) is 3. The Kier molecular flexibility index (Phi) is 3.22. The van der Waals surface area contributed by atoms with Gasteiger partial charge in [0.2, 0.25) is 10.0 Å². The molecule has 0 atom stereocenters. The molecule has 0 spiro atoms. The molecule has 0 saturated carbocycles. The van der Waals surface area contributed by atoms with Crippen molar-refractivity contribution in [3.8, 4) is 0 Å². The fourth-order valence-electron chi connectivity index (χ4n) is 1.90. The van der Waals surface area contributed by atoms with Gasteiger partial charge in [0.15, 0.2) is 0 Å². The summed E-state index contributed by atoms with van der Waals surface area (Å²) in [6, 6.07) is 6.57. The first-order valence-electron chi connectivity index (χ1n) is 5.53. The van der Waals surface area contributed by atoms with Crippen molar-refractivity contribution in [3.63, 3.8) is 0 Å². The summed E-state index contributed by atoms with van der Waals surface area (Å²) >= 11 is 0. The Morgan fingerprint density at radius 2 is 1.76 bits per heavy atom. The molecule has 1 aliphatic rings. The van der Waals surface area contributed by atoms with E-state index < -0.39 is 10.0 Å². The molecule has 0 aliphatic carbocycles. The van der Waals surface area contributed by atoms with Crippen molar-refractivity contribution in [3.05, 3.63) is 36.4 Å². The monoisotopic (exact) mass is 252 g/mol. The molecule has 1 aromatic rings. The number of nitrogens with two attached hydrogens (primary N) is 1. The highest BCUT2D eigenvalue weighted by Crippen LogP contribution is 2.25. The minimum atomic E-state index is -3.45. The average molecular weight is 252 g/mol. The summed E-state index contributed by atoms with van der Waals surface area (Å²) < 4.78 is 26.1. The highest BCUT2D eigenvalue weighted by molar-refractivity contribution is 7.89. The Labute approximate surface area is 102 Å². The van der Waals surface area contributed by atoms with Crippen LogP contribution in [0, 0.1) is 0 Å². The second kappa shape index (κ2) is 4.50. The molecule has 4 nitrogen and oxygen atoms in total. The molecule has 2 N–H and O–H groups in total. The largest absolute Gasteiger partial charge is 0.398 e. The average Bonchev–Trinajstić information content (AvgIpc) is 2.30. The molecule has 0 aromatic heterocycles. The lowest BCUT2D eigenvalue weighted by Gasteiger charge is -2.27. The van der Waals surface area contributed by atoms with Crippen molar-refractivity contribution < 1.29 is 8.42 Å². The molecule has 17 heavy (non-hydrogen) atoms. The van der Waals surface area contributed by atoms with Gasteiger partial charge in [0, 0.05) is 13.1 Å². The predicted octanol–water partition coefficient (Wildman–Crippen LogP) is 1.61. The molecule has 0 unspecified atom stereocenters. The maximum Gasteiger partial charge on any atom is 0.245 e. The smallest absolute Gasteiger partial charge is 0.245 e. The molecular formula is C12H16N2O2S. The van der Waals surface area contributed by atoms with Crippen LogP contribution in [0.25, 0.3) is 0 Å². The predicted molar refractivity (Wildman–Crippen MR) is 68.0 cm³/mol. The van der Waals surface area contributed by atoms with E-state index in [0.717, 1.165) is 18.4 Å². The normalized spacial score (nSPS) is 18.2. The van der Waals surface area contributed by atoms with Crippen molar-refractivity contribution in [1.82, 2.24) is 4.31 Å². The van der Waals surface area contributed by atoms with Crippen LogP contribution in [0.4, 0.5) is 5.69 Å². The number of nitrogens with zero attached hydrogens (tertiary/aromatic N) is 1. The Balaban J connectivity index is 2.31. The fourth-order valence-corrected chi connectivity index (χ4v) is 3.46. The summed E-state index contributed by atoms with van der Waals surface area (Å²) in [6.07, 6.45) is 1.46. The summed E-state index contributed by atoms with van der Waals surface area (Å²) in [5.41, 5.74) is 7.13. The molecule has 5 heteroatoms. The van der Waals surface area contributed by atoms with E-state index in [9.17, 15) is 8.42 Å². The topological polar surface area (TPSA) is 63.4 Å². The van der Waals surface area contributed by atoms with Crippen LogP contribution >= 0.6 is 0 Å². The summed E-state index contributed by atoms with van der Waals surface area (Å²) in [5.74, 6) is 0. The Morgan fingerprint density at radius 3 is 2.35 bits per heavy atom. The lowest BCUT2D eigenvalue weighted by atomic mass is 10.1. The van der Waals surface area contributed by atoms with Crippen molar-refractivity contribution >= 4 is 15.7 Å². The second-order valence-corrected chi connectivity index (χ2v) is 6.10. The fraction of sp³-hybridized carbons (Fsp3) is 0.333. The van der Waals surface area contributed by atoms with Gasteiger partial charge in [-0.3, -0.25) is 0 Å². The van der Waals surface area contributed by atoms with Crippen LogP contribution in [-0.2, 0) is 10.0 Å². The number of anilines is 1. The summed E-state index contributed by atoms with van der Waals surface area (Å²) in [5, 5.41) is 0. The molecule has 92 valence electrons. The van der Waals surface area contributed by atoms with E-state index in [1.807, 2.05) is 0 Å². The zero-order valence-electron chi connectivity index (χ0n) is 9.59. The zero-order valence-corrected chi connectivity index (χ0v) is 10.4. The van der Waals surface area contributed by atoms with Crippen LogP contribution in [0.2, 0.25) is 0 Å². The van der Waals surface area contributed by atoms with Gasteiger partial charge < -0.3 is 5.73 Å². The molecule has 1 saturated heterocycles. The standard InChI is InChI=1S/C12H16N2O2S/c1-10-6-8-14(9-7-10)17(15,16)12-5-3-2-4-11(12)13/h2-5H,1,6-9,13H2. The first-order chi connectivity index (χ1) is 8.01. The van der Waals surface area contributed by atoms with Crippen LogP contribution in [-0.4, -0.2) is 25.8 Å². The van der Waals surface area contributed by atoms with E-state index >= 15 is 0 Å². The third kappa shape index (κ3) is 2.35. The van der Waals surface area contributed by atoms with Gasteiger partial charge in [0.05, 0.1) is 5.69 Å². The minimum absolute atomic E-state index is 0.201. The third-order valence-corrected chi connectivity index (χ3v) is 4.94. The van der Waals surface area contributed by atoms with E-state index in [2.05, 4.69) is 6.58 Å². The van der Waals surface area contributed by atoms with Gasteiger partial charge in [-0.05, 0) is 25.0 Å². The highest BCUT2D eigenvalue weighted by atomic mass is 32.2. The van der Waals surface area contributed by atoms with Gasteiger partial charge in [0.25, 0.3) is 0 Å². The zero-order chi connectivity index (χ0) is 12.5. The third-order valence-electron chi connectivity index (χ3n) is 2.97. The van der Waals surface area contributed by atoms with Gasteiger partial charge in [-0.15, -0.1) is 0 Å². The highest BCUT2D eigenvalue weighted by Gasteiger charge is 2.28. The molecule has 1 aliphatic heterocycles. The molecule has 0 amide bonds. The van der Waals surface area contributed by atoms with E-state index in [-0.39, 0.29) is 4.90 Å². The lowest BCUT2D eigenvalue weighted by Crippen LogP contribution is -2.36. The van der Waals surface area contributed by atoms with Gasteiger partial charge in [0.1, 0.15) is 4.90 Å². The SMILES string of the molecule is C=C1CCN(S(=O)(=O)c2ccccc2N)CC1. The van der Waals surface area contributed by atoms with Gasteiger partial charge >= 0.3 is 0 Å². The van der Waals surface area contributed by atoms with Crippen molar-refractivity contribution in [2.24, 2.45) is 0 Å². The number of piperidine rings is 1. The quantitative estimate of drug-likeness (QED) is 0.642. The second-order valence-electron chi connectivity index (χ2n) is 4.19. The molecule has 0 radical (unpaired) electrons. The number of benzene rings is 1. The van der Waals surface area contributed by atoms with Crippen LogP contribution < -0.4 is 5.73 Å². The van der Waals surface area contributed by atoms with Crippen LogP contribution in [0.3, 0.4) is 0 Å². The molecular weight excluding hydrogens is 236 g/mol. The maximum absolute atomic E-state index is 12.3. The van der Waals surface area contributed by atoms with Crippen LogP contribution in [0.15, 0.2) is 41.3 Å². The first-order valence-corrected chi connectivity index (χ1v) is 6.97. The van der Waals surface area contributed by atoms with Crippen molar-refractivity contribution in [2.75, 3.05) is 18.8 Å². The Bertz CT molecular complexity index is 527. The van der Waals surface area contributed by atoms with Crippen LogP contribution in [0.5, 0.6) is 0 Å². The summed E-state index contributed by atoms with van der Waals surface area (Å²) in [7, 11) is -3.45. The van der Waals surface area contributed by atoms with E-state index in [0.29, 0.717) is 18.8 Å². The maximum atomic E-state index is 12.3. The lowest BCUT2D eigenvalue weighted by molar-refractivity contribution is 0.387. The van der Waals surface area contributed by atoms with E-state index in [1.165, 1.54) is 4.31 Å².